The topological polar surface area (TPSA) is 47.9 Å². The molecule has 1 aromatic rings. The van der Waals surface area contributed by atoms with Crippen molar-refractivity contribution >= 4 is 9.04 Å². The molecule has 0 saturated heterocycles. The number of aliphatic hydroxyl groups is 1. The summed E-state index contributed by atoms with van der Waals surface area (Å²) in [6.07, 6.45) is 0. The normalized spacial score (nSPS) is 15.1. The van der Waals surface area contributed by atoms with Crippen molar-refractivity contribution in [2.45, 2.75) is 39.7 Å². The minimum atomic E-state index is -1.45. The van der Waals surface area contributed by atoms with Crippen LogP contribution in [0.5, 0.6) is 11.5 Å². The molecule has 0 bridgehead atoms. The molecule has 0 amide bonds. The Morgan fingerprint density at radius 2 is 1.40 bits per heavy atom. The van der Waals surface area contributed by atoms with Crippen molar-refractivity contribution in [1.29, 1.82) is 0 Å². The van der Waals surface area contributed by atoms with Gasteiger partial charge in [-0.15, -0.1) is 0 Å². The van der Waals surface area contributed by atoms with Crippen LogP contribution in [0.1, 0.15) is 26.3 Å². The molecule has 0 heterocycles. The highest BCUT2D eigenvalue weighted by Crippen LogP contribution is 2.43. The lowest BCUT2D eigenvalue weighted by molar-refractivity contribution is -0.220. The highest BCUT2D eigenvalue weighted by molar-refractivity contribution is 6.48. The zero-order valence-corrected chi connectivity index (χ0v) is 14.6. The number of ether oxygens (including phenoxy) is 2. The lowest BCUT2D eigenvalue weighted by atomic mass is 9.81. The second-order valence-electron chi connectivity index (χ2n) is 6.16. The van der Waals surface area contributed by atoms with E-state index in [4.69, 9.17) is 13.9 Å². The van der Waals surface area contributed by atoms with E-state index in [0.717, 1.165) is 0 Å². The highest BCUT2D eigenvalue weighted by Gasteiger charge is 2.44. The average Bonchev–Trinajstić information content (AvgIpc) is 2.35. The lowest BCUT2D eigenvalue weighted by Gasteiger charge is -2.42. The Balaban J connectivity index is 3.41. The summed E-state index contributed by atoms with van der Waals surface area (Å²) in [7, 11) is 1.73. The maximum atomic E-state index is 11.1. The summed E-state index contributed by atoms with van der Waals surface area (Å²) < 4.78 is 16.5. The Bertz CT molecular complexity index is 431. The summed E-state index contributed by atoms with van der Waals surface area (Å²) in [5.74, 6) is -0.0954. The van der Waals surface area contributed by atoms with Crippen LogP contribution < -0.4 is 9.47 Å². The maximum absolute atomic E-state index is 11.1. The van der Waals surface area contributed by atoms with Gasteiger partial charge in [0, 0.05) is 17.0 Å². The van der Waals surface area contributed by atoms with Gasteiger partial charge in [-0.1, -0.05) is 20.8 Å². The Labute approximate surface area is 123 Å². The van der Waals surface area contributed by atoms with E-state index in [1.165, 1.54) is 0 Å². The van der Waals surface area contributed by atoms with Gasteiger partial charge < -0.3 is 19.0 Å². The molecule has 1 rings (SSSR count). The van der Waals surface area contributed by atoms with Gasteiger partial charge in [0.15, 0.2) is 14.8 Å². The van der Waals surface area contributed by atoms with Crippen molar-refractivity contribution < 1.29 is 19.0 Å². The van der Waals surface area contributed by atoms with Crippen LogP contribution in [0.25, 0.3) is 0 Å². The van der Waals surface area contributed by atoms with E-state index < -0.39 is 20.2 Å². The SMILES string of the molecule is COc1cc(OC)cc(C(O)(O[SiH](C)C)C(C)(C)C)c1. The summed E-state index contributed by atoms with van der Waals surface area (Å²) in [4.78, 5) is 0. The molecular formula is C15H26O4Si. The lowest BCUT2D eigenvalue weighted by Crippen LogP contribution is -2.45. The van der Waals surface area contributed by atoms with Gasteiger partial charge in [-0.2, -0.15) is 0 Å². The largest absolute Gasteiger partial charge is 0.497 e. The van der Waals surface area contributed by atoms with Gasteiger partial charge in [0.1, 0.15) is 11.5 Å². The van der Waals surface area contributed by atoms with Gasteiger partial charge in [-0.3, -0.25) is 0 Å². The van der Waals surface area contributed by atoms with Crippen molar-refractivity contribution in [3.63, 3.8) is 0 Å². The molecule has 0 fully saturated rings. The van der Waals surface area contributed by atoms with E-state index in [9.17, 15) is 5.11 Å². The van der Waals surface area contributed by atoms with Crippen LogP contribution in [0.2, 0.25) is 13.1 Å². The molecule has 0 aliphatic carbocycles. The molecule has 0 saturated carbocycles. The first-order chi connectivity index (χ1) is 9.14. The molecule has 1 unspecified atom stereocenters. The number of hydrogen-bond acceptors (Lipinski definition) is 4. The first-order valence-electron chi connectivity index (χ1n) is 6.77. The molecule has 0 aliphatic heterocycles. The summed E-state index contributed by atoms with van der Waals surface area (Å²) in [5.41, 5.74) is 0.184. The van der Waals surface area contributed by atoms with Crippen molar-refractivity contribution in [1.82, 2.24) is 0 Å². The Morgan fingerprint density at radius 1 is 0.950 bits per heavy atom. The monoisotopic (exact) mass is 298 g/mol. The molecule has 1 aromatic carbocycles. The van der Waals surface area contributed by atoms with E-state index in [1.54, 1.807) is 32.4 Å². The van der Waals surface area contributed by atoms with Gasteiger partial charge in [-0.25, -0.2) is 0 Å². The van der Waals surface area contributed by atoms with Gasteiger partial charge in [-0.05, 0) is 25.2 Å². The van der Waals surface area contributed by atoms with E-state index in [1.807, 2.05) is 33.9 Å². The second-order valence-corrected chi connectivity index (χ2v) is 8.50. The standard InChI is InChI=1S/C15H26O4Si/c1-14(2,3)15(16,19-20(6)7)11-8-12(17-4)10-13(9-11)18-5/h8-10,16,20H,1-7H3. The van der Waals surface area contributed by atoms with E-state index in [0.29, 0.717) is 17.1 Å². The maximum Gasteiger partial charge on any atom is 0.188 e. The molecule has 0 aliphatic rings. The summed E-state index contributed by atoms with van der Waals surface area (Å²) in [6, 6.07) is 5.37. The van der Waals surface area contributed by atoms with Crippen LogP contribution in [-0.2, 0) is 10.2 Å². The average molecular weight is 298 g/mol. The van der Waals surface area contributed by atoms with Crippen molar-refractivity contribution in [2.75, 3.05) is 14.2 Å². The van der Waals surface area contributed by atoms with Gasteiger partial charge in [0.25, 0.3) is 0 Å². The first kappa shape index (κ1) is 17.0. The summed E-state index contributed by atoms with van der Waals surface area (Å²) in [5, 5.41) is 11.1. The van der Waals surface area contributed by atoms with E-state index >= 15 is 0 Å². The molecule has 1 N–H and O–H groups in total. The van der Waals surface area contributed by atoms with Gasteiger partial charge >= 0.3 is 0 Å². The van der Waals surface area contributed by atoms with Gasteiger partial charge in [0.2, 0.25) is 0 Å². The van der Waals surface area contributed by atoms with E-state index in [-0.39, 0.29) is 0 Å². The molecule has 0 aromatic heterocycles. The smallest absolute Gasteiger partial charge is 0.188 e. The zero-order valence-electron chi connectivity index (χ0n) is 13.5. The van der Waals surface area contributed by atoms with Crippen molar-refractivity contribution in [3.8, 4) is 11.5 Å². The molecule has 20 heavy (non-hydrogen) atoms. The third-order valence-electron chi connectivity index (χ3n) is 3.17. The van der Waals surface area contributed by atoms with Crippen LogP contribution in [0.3, 0.4) is 0 Å². The Kier molecular flexibility index (Phi) is 5.24. The van der Waals surface area contributed by atoms with Crippen LogP contribution >= 0.6 is 0 Å². The first-order valence-corrected chi connectivity index (χ1v) is 9.56. The fourth-order valence-electron chi connectivity index (χ4n) is 2.02. The Hall–Kier alpha value is -1.04. The minimum absolute atomic E-state index is 0.471. The number of methoxy groups -OCH3 is 2. The summed E-state index contributed by atoms with van der Waals surface area (Å²) >= 11 is 0. The van der Waals surface area contributed by atoms with Crippen LogP contribution in [-0.4, -0.2) is 28.4 Å². The third-order valence-corrected chi connectivity index (χ3v) is 3.98. The molecular weight excluding hydrogens is 272 g/mol. The van der Waals surface area contributed by atoms with Crippen molar-refractivity contribution in [3.05, 3.63) is 23.8 Å². The van der Waals surface area contributed by atoms with Gasteiger partial charge in [0.05, 0.1) is 14.2 Å². The molecule has 5 heteroatoms. The highest BCUT2D eigenvalue weighted by atomic mass is 28.3. The molecule has 1 atom stereocenters. The number of hydrogen-bond donors (Lipinski definition) is 1. The Morgan fingerprint density at radius 3 is 1.70 bits per heavy atom. The molecule has 4 nitrogen and oxygen atoms in total. The predicted molar refractivity (Wildman–Crippen MR) is 82.9 cm³/mol. The third kappa shape index (κ3) is 3.53. The fraction of sp³-hybridized carbons (Fsp3) is 0.600. The molecule has 114 valence electrons. The molecule has 0 spiro atoms. The van der Waals surface area contributed by atoms with E-state index in [2.05, 4.69) is 0 Å². The predicted octanol–water partition coefficient (Wildman–Crippen LogP) is 2.90. The molecule has 0 radical (unpaired) electrons. The van der Waals surface area contributed by atoms with Crippen LogP contribution in [0.15, 0.2) is 18.2 Å². The van der Waals surface area contributed by atoms with Crippen LogP contribution in [0.4, 0.5) is 0 Å². The minimum Gasteiger partial charge on any atom is -0.497 e. The zero-order chi connectivity index (χ0) is 15.6. The quantitative estimate of drug-likeness (QED) is 0.671. The number of benzene rings is 1. The fourth-order valence-corrected chi connectivity index (χ4v) is 3.19. The van der Waals surface area contributed by atoms with Crippen molar-refractivity contribution in [2.24, 2.45) is 5.41 Å². The second kappa shape index (κ2) is 6.16. The van der Waals surface area contributed by atoms with Crippen LogP contribution in [0, 0.1) is 5.41 Å². The summed E-state index contributed by atoms with van der Waals surface area (Å²) in [6.45, 7) is 9.93. The number of rotatable bonds is 5.